The number of benzene rings is 2. The maximum Gasteiger partial charge on any atom is 0.343 e. The lowest BCUT2D eigenvalue weighted by Gasteiger charge is -2.27. The molecule has 1 aliphatic heterocycles. The molecule has 0 unspecified atom stereocenters. The molecule has 1 heterocycles. The molecule has 2 aromatic carbocycles. The van der Waals surface area contributed by atoms with Crippen molar-refractivity contribution in [2.24, 2.45) is 0 Å². The number of hydrogen-bond donors (Lipinski definition) is 0. The minimum absolute atomic E-state index is 0.319. The van der Waals surface area contributed by atoms with Gasteiger partial charge in [-0.1, -0.05) is 43.6 Å². The molecule has 4 heteroatoms. The first-order valence-electron chi connectivity index (χ1n) is 9.65. The summed E-state index contributed by atoms with van der Waals surface area (Å²) in [6.45, 7) is 2.31. The van der Waals surface area contributed by atoms with Crippen LogP contribution in [0.25, 0.3) is 0 Å². The number of hydrogen-bond acceptors (Lipinski definition) is 3. The van der Waals surface area contributed by atoms with E-state index in [1.807, 2.05) is 12.1 Å². The minimum atomic E-state index is -0.444. The van der Waals surface area contributed by atoms with Gasteiger partial charge in [0.15, 0.2) is 0 Å². The smallest absolute Gasteiger partial charge is 0.343 e. The van der Waals surface area contributed by atoms with Gasteiger partial charge in [-0.05, 0) is 60.7 Å². The average molecular weight is 369 g/mol. The molecule has 0 atom stereocenters. The molecule has 0 radical (unpaired) electrons. The van der Waals surface area contributed by atoms with Gasteiger partial charge >= 0.3 is 5.97 Å². The molecule has 1 fully saturated rings. The zero-order valence-corrected chi connectivity index (χ0v) is 16.9. The first kappa shape index (κ1) is 18.7. The molecule has 1 aliphatic rings. The summed E-state index contributed by atoms with van der Waals surface area (Å²) in [6, 6.07) is 19.5. The predicted octanol–water partition coefficient (Wildman–Crippen LogP) is 5.43. The number of carbonyl (C=O) groups is 1. The van der Waals surface area contributed by atoms with Crippen LogP contribution >= 0.6 is 0 Å². The minimum Gasteiger partial charge on any atom is -0.497 e. The summed E-state index contributed by atoms with van der Waals surface area (Å²) in [5.41, 5.74) is 1.97. The van der Waals surface area contributed by atoms with Crippen LogP contribution in [0.3, 0.4) is 0 Å². The molecule has 0 aliphatic carbocycles. The molecule has 0 amide bonds. The second-order valence-corrected chi connectivity index (χ2v) is 10.7. The van der Waals surface area contributed by atoms with Gasteiger partial charge in [-0.2, -0.15) is 0 Å². The average Bonchev–Trinajstić information content (AvgIpc) is 2.69. The van der Waals surface area contributed by atoms with E-state index in [0.717, 1.165) is 5.75 Å². The fourth-order valence-electron chi connectivity index (χ4n) is 3.89. The van der Waals surface area contributed by atoms with Gasteiger partial charge < -0.3 is 9.47 Å². The van der Waals surface area contributed by atoms with Gasteiger partial charge in [-0.25, -0.2) is 4.79 Å². The van der Waals surface area contributed by atoms with Crippen molar-refractivity contribution in [3.8, 4) is 11.5 Å². The summed E-state index contributed by atoms with van der Waals surface area (Å²) in [5, 5.41) is 0. The highest BCUT2D eigenvalue weighted by Gasteiger charge is 2.22. The molecule has 0 N–H and O–H groups in total. The highest BCUT2D eigenvalue weighted by molar-refractivity contribution is 6.59. The predicted molar refractivity (Wildman–Crippen MR) is 108 cm³/mol. The van der Waals surface area contributed by atoms with E-state index in [1.165, 1.54) is 43.0 Å². The number of carbonyl (C=O) groups excluding carboxylic acids is 1. The lowest BCUT2D eigenvalue weighted by atomic mass is 9.93. The zero-order chi connectivity index (χ0) is 18.4. The number of rotatable bonds is 6. The van der Waals surface area contributed by atoms with Gasteiger partial charge in [-0.15, -0.1) is 0 Å². The Morgan fingerprint density at radius 2 is 1.62 bits per heavy atom. The van der Waals surface area contributed by atoms with Crippen molar-refractivity contribution in [1.29, 1.82) is 0 Å². The molecule has 0 spiro atoms. The van der Waals surface area contributed by atoms with Crippen molar-refractivity contribution in [3.63, 3.8) is 0 Å². The summed E-state index contributed by atoms with van der Waals surface area (Å²) in [4.78, 5) is 12.3. The van der Waals surface area contributed by atoms with Gasteiger partial charge in [0.1, 0.15) is 11.5 Å². The number of esters is 1. The van der Waals surface area contributed by atoms with Gasteiger partial charge in [0, 0.05) is 8.80 Å². The molecule has 3 rings (SSSR count). The summed E-state index contributed by atoms with van der Waals surface area (Å²) in [7, 11) is 1.17. The third-order valence-corrected chi connectivity index (χ3v) is 9.12. The van der Waals surface area contributed by atoms with E-state index in [1.54, 1.807) is 31.4 Å². The van der Waals surface area contributed by atoms with Crippen LogP contribution in [0.4, 0.5) is 0 Å². The van der Waals surface area contributed by atoms with Gasteiger partial charge in [0.2, 0.25) is 0 Å². The Morgan fingerprint density at radius 3 is 2.19 bits per heavy atom. The zero-order valence-electron chi connectivity index (χ0n) is 15.7. The monoisotopic (exact) mass is 368 g/mol. The Hall–Kier alpha value is -2.07. The Labute approximate surface area is 157 Å². The summed E-state index contributed by atoms with van der Waals surface area (Å²) < 4.78 is 10.5. The van der Waals surface area contributed by atoms with Crippen molar-refractivity contribution in [3.05, 3.63) is 59.7 Å². The molecular weight excluding hydrogens is 340 g/mol. The van der Waals surface area contributed by atoms with Crippen LogP contribution in [0.2, 0.25) is 18.1 Å². The normalized spacial score (nSPS) is 19.8. The Bertz CT molecular complexity index is 701. The van der Waals surface area contributed by atoms with Crippen LogP contribution in [0.5, 0.6) is 11.5 Å². The third kappa shape index (κ3) is 4.76. The molecule has 3 nitrogen and oxygen atoms in total. The van der Waals surface area contributed by atoms with Crippen LogP contribution in [0, 0.1) is 0 Å². The van der Waals surface area contributed by atoms with E-state index in [2.05, 4.69) is 19.1 Å². The highest BCUT2D eigenvalue weighted by Crippen LogP contribution is 2.35. The highest BCUT2D eigenvalue weighted by atomic mass is 28.3. The second-order valence-electron chi connectivity index (χ2n) is 7.19. The molecule has 26 heavy (non-hydrogen) atoms. The number of ether oxygens (including phenoxy) is 2. The quantitative estimate of drug-likeness (QED) is 0.387. The largest absolute Gasteiger partial charge is 0.497 e. The fourth-order valence-corrected chi connectivity index (χ4v) is 7.32. The van der Waals surface area contributed by atoms with E-state index in [4.69, 9.17) is 9.47 Å². The third-order valence-electron chi connectivity index (χ3n) is 5.43. The van der Waals surface area contributed by atoms with E-state index in [-0.39, 0.29) is 5.97 Å². The Morgan fingerprint density at radius 1 is 1.00 bits per heavy atom. The van der Waals surface area contributed by atoms with Gasteiger partial charge in [0.25, 0.3) is 0 Å². The topological polar surface area (TPSA) is 35.5 Å². The Balaban J connectivity index is 1.57. The van der Waals surface area contributed by atoms with Crippen molar-refractivity contribution in [2.45, 2.75) is 50.2 Å². The van der Waals surface area contributed by atoms with Crippen molar-refractivity contribution in [2.75, 3.05) is 7.11 Å². The standard InChI is InChI=1S/C22H28O3Si/c1-3-14-26-15-12-18(13-16-26)17-4-6-19(7-5-17)22(23)25-21-10-8-20(24-2)9-11-21/h4-11,18,26H,3,12-16H2,1-2H3/t18-,26-. The first-order chi connectivity index (χ1) is 12.7. The summed E-state index contributed by atoms with van der Waals surface area (Å²) in [6.07, 6.45) is 4.01. The molecule has 0 aromatic heterocycles. The molecule has 2 aromatic rings. The number of methoxy groups -OCH3 is 1. The molecule has 0 bridgehead atoms. The van der Waals surface area contributed by atoms with Crippen LogP contribution in [-0.2, 0) is 0 Å². The molecular formula is C22H28O3Si. The molecule has 0 saturated carbocycles. The van der Waals surface area contributed by atoms with Crippen LogP contribution in [0.15, 0.2) is 48.5 Å². The Kier molecular flexibility index (Phi) is 6.50. The summed E-state index contributed by atoms with van der Waals surface area (Å²) >= 11 is 0. The second kappa shape index (κ2) is 9.04. The van der Waals surface area contributed by atoms with Crippen LogP contribution in [0.1, 0.15) is 48.0 Å². The van der Waals surface area contributed by atoms with E-state index in [9.17, 15) is 4.79 Å². The van der Waals surface area contributed by atoms with Crippen molar-refractivity contribution >= 4 is 14.8 Å². The first-order valence-corrected chi connectivity index (χ1v) is 12.1. The van der Waals surface area contributed by atoms with E-state index < -0.39 is 8.80 Å². The maximum absolute atomic E-state index is 12.3. The van der Waals surface area contributed by atoms with E-state index >= 15 is 0 Å². The van der Waals surface area contributed by atoms with Crippen molar-refractivity contribution in [1.82, 2.24) is 0 Å². The maximum atomic E-state index is 12.3. The van der Waals surface area contributed by atoms with Crippen molar-refractivity contribution < 1.29 is 14.3 Å². The van der Waals surface area contributed by atoms with Gasteiger partial charge in [-0.3, -0.25) is 0 Å². The summed E-state index contributed by atoms with van der Waals surface area (Å²) in [5.74, 6) is 1.62. The van der Waals surface area contributed by atoms with Gasteiger partial charge in [0.05, 0.1) is 12.7 Å². The molecule has 138 valence electrons. The fraction of sp³-hybridized carbons (Fsp3) is 0.409. The lowest BCUT2D eigenvalue weighted by Crippen LogP contribution is -2.20. The van der Waals surface area contributed by atoms with Crippen LogP contribution in [-0.4, -0.2) is 21.9 Å². The van der Waals surface area contributed by atoms with Crippen LogP contribution < -0.4 is 9.47 Å². The van der Waals surface area contributed by atoms with E-state index in [0.29, 0.717) is 17.2 Å². The molecule has 1 saturated heterocycles. The lowest BCUT2D eigenvalue weighted by molar-refractivity contribution is 0.0734. The SMILES string of the molecule is CCC[Si@H]1CC[C@H](c2ccc(C(=O)Oc3ccc(OC)cc3)cc2)CC1.